The zero-order chi connectivity index (χ0) is 25.3. The Labute approximate surface area is 233 Å². The molecule has 4 aromatic rings. The van der Waals surface area contributed by atoms with Crippen LogP contribution in [0.5, 0.6) is 0 Å². The molecule has 4 unspecified atom stereocenters. The second-order valence-electron chi connectivity index (χ2n) is 10.3. The number of nitrogens with zero attached hydrogens (tertiary/aromatic N) is 1. The van der Waals surface area contributed by atoms with Gasteiger partial charge in [-0.2, -0.15) is 0 Å². The van der Waals surface area contributed by atoms with Gasteiger partial charge in [-0.1, -0.05) is 77.0 Å². The molecule has 4 nitrogen and oxygen atoms in total. The molecule has 7 rings (SSSR count). The number of hydrogen-bond donors (Lipinski definition) is 1. The van der Waals surface area contributed by atoms with Crippen LogP contribution < -0.4 is 10.2 Å². The van der Waals surface area contributed by atoms with E-state index in [1.54, 1.807) is 4.57 Å². The molecule has 3 aliphatic rings. The van der Waals surface area contributed by atoms with Crippen molar-refractivity contribution in [2.45, 2.75) is 42.0 Å². The quantitative estimate of drug-likeness (QED) is 0.276. The van der Waals surface area contributed by atoms with Crippen molar-refractivity contribution in [2.75, 3.05) is 5.32 Å². The average Bonchev–Trinajstić information content (AvgIpc) is 3.59. The summed E-state index contributed by atoms with van der Waals surface area (Å²) in [7, 11) is 0. The molecule has 2 saturated carbocycles. The lowest BCUT2D eigenvalue weighted by Gasteiger charge is -2.40. The lowest BCUT2D eigenvalue weighted by atomic mass is 9.75. The molecule has 5 atom stereocenters. The molecule has 2 fully saturated rings. The predicted octanol–water partition coefficient (Wildman–Crippen LogP) is 7.66. The van der Waals surface area contributed by atoms with Gasteiger partial charge in [0.25, 0.3) is 0 Å². The lowest BCUT2D eigenvalue weighted by Crippen LogP contribution is -2.35. The Kier molecular flexibility index (Phi) is 5.92. The van der Waals surface area contributed by atoms with E-state index in [2.05, 4.69) is 11.4 Å². The second kappa shape index (κ2) is 9.19. The highest BCUT2D eigenvalue weighted by Crippen LogP contribution is 2.64. The Morgan fingerprint density at radius 2 is 1.81 bits per heavy atom. The summed E-state index contributed by atoms with van der Waals surface area (Å²) in [6.07, 6.45) is 3.71. The number of nitrogens with one attached hydrogen (secondary N) is 1. The highest BCUT2D eigenvalue weighted by atomic mass is 35.5. The predicted molar refractivity (Wildman–Crippen MR) is 153 cm³/mol. The number of aromatic nitrogens is 1. The Bertz CT molecular complexity index is 1610. The number of hydrogen-bond acceptors (Lipinski definition) is 4. The van der Waals surface area contributed by atoms with Crippen LogP contribution in [0.4, 0.5) is 5.69 Å². The highest BCUT2D eigenvalue weighted by molar-refractivity contribution is 8.00. The van der Waals surface area contributed by atoms with Crippen molar-refractivity contribution in [3.8, 4) is 0 Å². The lowest BCUT2D eigenvalue weighted by molar-refractivity contribution is -0.116. The first-order chi connectivity index (χ1) is 18.0. The monoisotopic (exact) mass is 566 g/mol. The molecule has 0 saturated heterocycles. The Morgan fingerprint density at radius 1 is 1.00 bits per heavy atom. The third-order valence-electron chi connectivity index (χ3n) is 8.34. The Hall–Kier alpha value is -2.25. The van der Waals surface area contributed by atoms with E-state index in [0.29, 0.717) is 33.0 Å². The van der Waals surface area contributed by atoms with Crippen LogP contribution in [0.3, 0.4) is 0 Å². The highest BCUT2D eigenvalue weighted by Gasteiger charge is 2.55. The zero-order valence-corrected chi connectivity index (χ0v) is 23.0. The summed E-state index contributed by atoms with van der Waals surface area (Å²) < 4.78 is 1.68. The smallest absolute Gasteiger partial charge is 0.308 e. The standard InChI is InChI=1S/C29H24Cl2N2O2S2/c30-21-7-3-6-20(25(21)31)24-23-17-8-9-18(12-17)26(23)36-28-27(24)37-29(35)33(28)14-22(34)32-19-11-10-15-4-1-2-5-16(15)13-19/h1-7,10-11,13,17-18,23-24,26H,8-9,12,14H2,(H,32,34)/t17?,18?,23?,24-,26?/m0/s1. The van der Waals surface area contributed by atoms with Crippen LogP contribution >= 0.6 is 46.3 Å². The maximum absolute atomic E-state index is 13.3. The van der Waals surface area contributed by atoms with Gasteiger partial charge in [0.05, 0.1) is 15.1 Å². The van der Waals surface area contributed by atoms with Crippen molar-refractivity contribution < 1.29 is 4.79 Å². The van der Waals surface area contributed by atoms with Gasteiger partial charge in [-0.15, -0.1) is 11.8 Å². The number of halogens is 2. The van der Waals surface area contributed by atoms with Gasteiger partial charge in [-0.05, 0) is 71.6 Å². The minimum absolute atomic E-state index is 0.00796. The number of anilines is 1. The molecule has 3 aromatic carbocycles. The van der Waals surface area contributed by atoms with Crippen LogP contribution in [-0.2, 0) is 11.3 Å². The van der Waals surface area contributed by atoms with Crippen LogP contribution in [0, 0.1) is 17.8 Å². The van der Waals surface area contributed by atoms with Crippen molar-refractivity contribution in [3.63, 3.8) is 0 Å². The first kappa shape index (κ1) is 23.8. The van der Waals surface area contributed by atoms with Gasteiger partial charge in [0.15, 0.2) is 0 Å². The average molecular weight is 568 g/mol. The Morgan fingerprint density at radius 3 is 2.68 bits per heavy atom. The summed E-state index contributed by atoms with van der Waals surface area (Å²) in [5.74, 6) is 1.54. The minimum Gasteiger partial charge on any atom is -0.325 e. The molecule has 37 heavy (non-hydrogen) atoms. The summed E-state index contributed by atoms with van der Waals surface area (Å²) in [6, 6.07) is 19.7. The molecule has 8 heteroatoms. The summed E-state index contributed by atoms with van der Waals surface area (Å²) in [4.78, 5) is 27.4. The fraction of sp³-hybridized carbons (Fsp3) is 0.310. The number of carbonyl (C=O) groups is 1. The summed E-state index contributed by atoms with van der Waals surface area (Å²) >= 11 is 16.3. The SMILES string of the molecule is O=C(Cn1c2c(sc1=O)[C@@H](c1cccc(Cl)c1Cl)C1C3CCC(C3)C1S2)Nc1ccc2ccccc2c1. The molecule has 188 valence electrons. The van der Waals surface area contributed by atoms with Crippen LogP contribution in [0.1, 0.15) is 35.6 Å². The summed E-state index contributed by atoms with van der Waals surface area (Å²) in [5, 5.41) is 7.65. The van der Waals surface area contributed by atoms with Crippen LogP contribution in [-0.4, -0.2) is 15.7 Å². The van der Waals surface area contributed by atoms with Crippen molar-refractivity contribution in [3.05, 3.63) is 90.8 Å². The summed E-state index contributed by atoms with van der Waals surface area (Å²) in [5.41, 5.74) is 1.73. The van der Waals surface area contributed by atoms with Gasteiger partial charge >= 0.3 is 4.87 Å². The molecular formula is C29H24Cl2N2O2S2. The molecular weight excluding hydrogens is 543 g/mol. The first-order valence-corrected chi connectivity index (χ1v) is 15.1. The maximum atomic E-state index is 13.3. The van der Waals surface area contributed by atoms with E-state index in [0.717, 1.165) is 31.9 Å². The molecule has 0 radical (unpaired) electrons. The topological polar surface area (TPSA) is 51.1 Å². The molecule has 2 bridgehead atoms. The van der Waals surface area contributed by atoms with Gasteiger partial charge in [0.2, 0.25) is 5.91 Å². The molecule has 0 spiro atoms. The second-order valence-corrected chi connectivity index (χ2v) is 13.3. The number of amides is 1. The van der Waals surface area contributed by atoms with Crippen molar-refractivity contribution in [1.82, 2.24) is 4.57 Å². The number of rotatable bonds is 4. The zero-order valence-electron chi connectivity index (χ0n) is 19.8. The van der Waals surface area contributed by atoms with E-state index in [9.17, 15) is 9.59 Å². The van der Waals surface area contributed by atoms with E-state index in [1.807, 2.05) is 66.4 Å². The van der Waals surface area contributed by atoms with Crippen molar-refractivity contribution in [1.29, 1.82) is 0 Å². The minimum atomic E-state index is -0.203. The number of thioether (sulfide) groups is 1. The first-order valence-electron chi connectivity index (χ1n) is 12.6. The fourth-order valence-corrected chi connectivity index (χ4v) is 10.4. The van der Waals surface area contributed by atoms with Crippen LogP contribution in [0.25, 0.3) is 10.8 Å². The van der Waals surface area contributed by atoms with E-state index < -0.39 is 0 Å². The van der Waals surface area contributed by atoms with Crippen molar-refractivity contribution in [2.24, 2.45) is 17.8 Å². The third-order valence-corrected chi connectivity index (χ3v) is 12.0. The number of benzene rings is 3. The molecule has 1 aliphatic heterocycles. The maximum Gasteiger partial charge on any atom is 0.308 e. The van der Waals surface area contributed by atoms with Gasteiger partial charge in [-0.3, -0.25) is 14.2 Å². The van der Waals surface area contributed by atoms with E-state index in [1.165, 1.54) is 30.6 Å². The van der Waals surface area contributed by atoms with E-state index >= 15 is 0 Å². The molecule has 1 aromatic heterocycles. The third kappa shape index (κ3) is 3.95. The number of carbonyl (C=O) groups excluding carboxylic acids is 1. The molecule has 1 amide bonds. The van der Waals surface area contributed by atoms with Crippen LogP contribution in [0.15, 0.2) is 70.5 Å². The van der Waals surface area contributed by atoms with E-state index in [-0.39, 0.29) is 23.2 Å². The number of fused-ring (bicyclic) bond motifs is 7. The molecule has 2 heterocycles. The summed E-state index contributed by atoms with van der Waals surface area (Å²) in [6.45, 7) is -0.00796. The van der Waals surface area contributed by atoms with Crippen LogP contribution in [0.2, 0.25) is 10.0 Å². The largest absolute Gasteiger partial charge is 0.325 e. The van der Waals surface area contributed by atoms with E-state index in [4.69, 9.17) is 23.2 Å². The number of thiazole rings is 1. The van der Waals surface area contributed by atoms with Gasteiger partial charge in [-0.25, -0.2) is 0 Å². The molecule has 2 aliphatic carbocycles. The van der Waals surface area contributed by atoms with Crippen molar-refractivity contribution >= 4 is 68.7 Å². The molecule has 1 N–H and O–H groups in total. The fourth-order valence-electron chi connectivity index (χ4n) is 6.81. The normalized spacial score (nSPS) is 25.7. The van der Waals surface area contributed by atoms with Gasteiger partial charge in [0.1, 0.15) is 6.54 Å². The Balaban J connectivity index is 1.24. The van der Waals surface area contributed by atoms with Gasteiger partial charge < -0.3 is 5.32 Å². The van der Waals surface area contributed by atoms with Gasteiger partial charge in [0, 0.05) is 21.7 Å².